The van der Waals surface area contributed by atoms with Crippen LogP contribution in [0.15, 0.2) is 30.3 Å². The summed E-state index contributed by atoms with van der Waals surface area (Å²) >= 11 is 0. The average molecular weight is 285 g/mol. The molecule has 3 heteroatoms. The smallest absolute Gasteiger partial charge is 0.328 e. The van der Waals surface area contributed by atoms with E-state index in [9.17, 15) is 4.79 Å². The highest BCUT2D eigenvalue weighted by Crippen LogP contribution is 2.44. The summed E-state index contributed by atoms with van der Waals surface area (Å²) in [6, 6.07) is 8.17. The standard InChI is InChI=1S/C18H23NO2/c20-17(21)9-8-15-6-5-7-16(12-15)19-13-18(14-19)10-3-1-2-4-11-18/h5-9,12H,1-4,10-11,13-14H2,(H,20,21)/b9-8+. The van der Waals surface area contributed by atoms with Crippen LogP contribution >= 0.6 is 0 Å². The van der Waals surface area contributed by atoms with E-state index in [1.165, 1.54) is 63.4 Å². The Hall–Kier alpha value is -1.77. The summed E-state index contributed by atoms with van der Waals surface area (Å²) in [4.78, 5) is 13.0. The Morgan fingerprint density at radius 2 is 1.86 bits per heavy atom. The summed E-state index contributed by atoms with van der Waals surface area (Å²) in [7, 11) is 0. The van der Waals surface area contributed by atoms with Crippen LogP contribution in [0.5, 0.6) is 0 Å². The Labute approximate surface area is 126 Å². The molecule has 3 rings (SSSR count). The number of hydrogen-bond donors (Lipinski definition) is 1. The molecule has 0 radical (unpaired) electrons. The number of aliphatic carboxylic acids is 1. The molecule has 1 aliphatic heterocycles. The number of anilines is 1. The third-order valence-corrected chi connectivity index (χ3v) is 4.87. The van der Waals surface area contributed by atoms with Gasteiger partial charge in [-0.15, -0.1) is 0 Å². The fourth-order valence-electron chi connectivity index (χ4n) is 3.73. The van der Waals surface area contributed by atoms with Gasteiger partial charge >= 0.3 is 5.97 Å². The van der Waals surface area contributed by atoms with Gasteiger partial charge in [0.15, 0.2) is 0 Å². The molecule has 1 aromatic carbocycles. The van der Waals surface area contributed by atoms with Crippen molar-refractivity contribution in [2.75, 3.05) is 18.0 Å². The second-order valence-corrected chi connectivity index (χ2v) is 6.54. The molecule has 21 heavy (non-hydrogen) atoms. The molecule has 1 aromatic rings. The molecule has 1 saturated carbocycles. The zero-order valence-corrected chi connectivity index (χ0v) is 12.4. The monoisotopic (exact) mass is 285 g/mol. The number of carboxylic acid groups (broad SMARTS) is 1. The fourth-order valence-corrected chi connectivity index (χ4v) is 3.73. The van der Waals surface area contributed by atoms with Crippen molar-refractivity contribution < 1.29 is 9.90 Å². The molecule has 1 heterocycles. The van der Waals surface area contributed by atoms with Crippen LogP contribution in [-0.4, -0.2) is 24.2 Å². The lowest BCUT2D eigenvalue weighted by Crippen LogP contribution is -2.56. The zero-order chi connectivity index (χ0) is 14.7. The van der Waals surface area contributed by atoms with E-state index in [0.717, 1.165) is 5.56 Å². The van der Waals surface area contributed by atoms with Crippen LogP contribution in [0.1, 0.15) is 44.1 Å². The summed E-state index contributed by atoms with van der Waals surface area (Å²) < 4.78 is 0. The Morgan fingerprint density at radius 3 is 2.52 bits per heavy atom. The van der Waals surface area contributed by atoms with E-state index in [4.69, 9.17) is 5.11 Å². The van der Waals surface area contributed by atoms with Crippen LogP contribution in [-0.2, 0) is 4.79 Å². The summed E-state index contributed by atoms with van der Waals surface area (Å²) in [6.07, 6.45) is 11.2. The lowest BCUT2D eigenvalue weighted by atomic mass is 9.73. The molecule has 0 aromatic heterocycles. The van der Waals surface area contributed by atoms with Crippen molar-refractivity contribution in [2.45, 2.75) is 38.5 Å². The maximum Gasteiger partial charge on any atom is 0.328 e. The fraction of sp³-hybridized carbons (Fsp3) is 0.500. The molecule has 1 spiro atoms. The van der Waals surface area contributed by atoms with Gasteiger partial charge in [0.05, 0.1) is 0 Å². The highest BCUT2D eigenvalue weighted by molar-refractivity contribution is 5.85. The molecule has 2 fully saturated rings. The van der Waals surface area contributed by atoms with E-state index in [0.29, 0.717) is 5.41 Å². The van der Waals surface area contributed by atoms with Crippen molar-refractivity contribution in [3.05, 3.63) is 35.9 Å². The van der Waals surface area contributed by atoms with E-state index in [1.807, 2.05) is 12.1 Å². The summed E-state index contributed by atoms with van der Waals surface area (Å²) in [5.74, 6) is -0.901. The molecule has 0 bridgehead atoms. The van der Waals surface area contributed by atoms with Gasteiger partial charge in [-0.3, -0.25) is 0 Å². The number of rotatable bonds is 3. The van der Waals surface area contributed by atoms with Crippen LogP contribution in [0, 0.1) is 5.41 Å². The average Bonchev–Trinajstić information content (AvgIpc) is 2.69. The first-order valence-electron chi connectivity index (χ1n) is 7.93. The molecule has 1 N–H and O–H groups in total. The molecular weight excluding hydrogens is 262 g/mol. The van der Waals surface area contributed by atoms with Crippen molar-refractivity contribution in [2.24, 2.45) is 5.41 Å². The van der Waals surface area contributed by atoms with Crippen LogP contribution in [0.4, 0.5) is 5.69 Å². The summed E-state index contributed by atoms with van der Waals surface area (Å²) in [6.45, 7) is 2.33. The molecule has 1 aliphatic carbocycles. The lowest BCUT2D eigenvalue weighted by Gasteiger charge is -2.51. The summed E-state index contributed by atoms with van der Waals surface area (Å²) in [5.41, 5.74) is 2.73. The van der Waals surface area contributed by atoms with Gasteiger partial charge in [-0.2, -0.15) is 0 Å². The third kappa shape index (κ3) is 3.29. The molecule has 0 unspecified atom stereocenters. The predicted octanol–water partition coefficient (Wildman–Crippen LogP) is 3.95. The lowest BCUT2D eigenvalue weighted by molar-refractivity contribution is -0.131. The van der Waals surface area contributed by atoms with E-state index < -0.39 is 5.97 Å². The van der Waals surface area contributed by atoms with Crippen LogP contribution in [0.25, 0.3) is 6.08 Å². The van der Waals surface area contributed by atoms with Crippen LogP contribution < -0.4 is 4.90 Å². The Balaban J connectivity index is 1.66. The highest BCUT2D eigenvalue weighted by Gasteiger charge is 2.42. The minimum atomic E-state index is -0.901. The normalized spacial score (nSPS) is 21.2. The number of benzene rings is 1. The van der Waals surface area contributed by atoms with Crippen molar-refractivity contribution >= 4 is 17.7 Å². The summed E-state index contributed by atoms with van der Waals surface area (Å²) in [5, 5.41) is 8.71. The van der Waals surface area contributed by atoms with Gasteiger partial charge in [0.1, 0.15) is 0 Å². The number of carbonyl (C=O) groups is 1. The second-order valence-electron chi connectivity index (χ2n) is 6.54. The molecule has 1 saturated heterocycles. The van der Waals surface area contributed by atoms with Crippen LogP contribution in [0.2, 0.25) is 0 Å². The Kier molecular flexibility index (Phi) is 4.00. The third-order valence-electron chi connectivity index (χ3n) is 4.87. The van der Waals surface area contributed by atoms with Gasteiger partial charge in [0.25, 0.3) is 0 Å². The minimum absolute atomic E-state index is 0.559. The van der Waals surface area contributed by atoms with E-state index in [2.05, 4.69) is 17.0 Å². The van der Waals surface area contributed by atoms with Crippen molar-refractivity contribution in [3.63, 3.8) is 0 Å². The maximum atomic E-state index is 10.6. The van der Waals surface area contributed by atoms with E-state index in [-0.39, 0.29) is 0 Å². The molecule has 2 aliphatic rings. The van der Waals surface area contributed by atoms with Gasteiger partial charge in [0.2, 0.25) is 0 Å². The zero-order valence-electron chi connectivity index (χ0n) is 12.4. The van der Waals surface area contributed by atoms with Gasteiger partial charge < -0.3 is 10.0 Å². The first kappa shape index (κ1) is 14.2. The first-order valence-corrected chi connectivity index (χ1v) is 7.93. The van der Waals surface area contributed by atoms with E-state index in [1.54, 1.807) is 6.08 Å². The molecular formula is C18H23NO2. The second kappa shape index (κ2) is 5.92. The highest BCUT2D eigenvalue weighted by atomic mass is 16.4. The van der Waals surface area contributed by atoms with Crippen molar-refractivity contribution in [1.82, 2.24) is 0 Å². The first-order chi connectivity index (χ1) is 10.2. The predicted molar refractivity (Wildman–Crippen MR) is 85.5 cm³/mol. The maximum absolute atomic E-state index is 10.6. The minimum Gasteiger partial charge on any atom is -0.478 e. The molecule has 0 atom stereocenters. The Morgan fingerprint density at radius 1 is 1.14 bits per heavy atom. The SMILES string of the molecule is O=C(O)/C=C/c1cccc(N2CC3(CCCCCC3)C2)c1. The topological polar surface area (TPSA) is 40.5 Å². The molecule has 0 amide bonds. The Bertz CT molecular complexity index is 534. The van der Waals surface area contributed by atoms with E-state index >= 15 is 0 Å². The molecule has 3 nitrogen and oxygen atoms in total. The quantitative estimate of drug-likeness (QED) is 0.855. The number of nitrogens with zero attached hydrogens (tertiary/aromatic N) is 1. The molecule has 112 valence electrons. The van der Waals surface area contributed by atoms with Gasteiger partial charge in [-0.05, 0) is 36.6 Å². The van der Waals surface area contributed by atoms with Gasteiger partial charge in [0, 0.05) is 30.3 Å². The largest absolute Gasteiger partial charge is 0.478 e. The van der Waals surface area contributed by atoms with Crippen molar-refractivity contribution in [1.29, 1.82) is 0 Å². The van der Waals surface area contributed by atoms with Crippen molar-refractivity contribution in [3.8, 4) is 0 Å². The van der Waals surface area contributed by atoms with Crippen LogP contribution in [0.3, 0.4) is 0 Å². The van der Waals surface area contributed by atoms with Gasteiger partial charge in [-0.25, -0.2) is 4.79 Å². The number of carboxylic acids is 1. The van der Waals surface area contributed by atoms with Gasteiger partial charge in [-0.1, -0.05) is 37.8 Å². The number of hydrogen-bond acceptors (Lipinski definition) is 2.